The Labute approximate surface area is 117 Å². The number of urea groups is 1. The number of alkyl halides is 2. The summed E-state index contributed by atoms with van der Waals surface area (Å²) in [6.07, 6.45) is 0. The summed E-state index contributed by atoms with van der Waals surface area (Å²) < 4.78 is 0. The van der Waals surface area contributed by atoms with E-state index >= 15 is 0 Å². The zero-order valence-electron chi connectivity index (χ0n) is 9.94. The predicted octanol–water partition coefficient (Wildman–Crippen LogP) is -0.880. The number of nitrogens with one attached hydrogen (secondary N) is 1. The van der Waals surface area contributed by atoms with Gasteiger partial charge >= 0.3 is 6.03 Å². The lowest BCUT2D eigenvalue weighted by Gasteiger charge is -2.60. The molecule has 0 unspecified atom stereocenters. The highest BCUT2D eigenvalue weighted by Gasteiger charge is 2.86. The Bertz CT molecular complexity index is 567. The number of carbonyl (C=O) groups is 4. The molecule has 7 nitrogen and oxygen atoms in total. The lowest BCUT2D eigenvalue weighted by atomic mass is 9.58. The van der Waals surface area contributed by atoms with Crippen LogP contribution >= 0.6 is 23.2 Å². The third-order valence-electron chi connectivity index (χ3n) is 4.17. The predicted molar refractivity (Wildman–Crippen MR) is 63.5 cm³/mol. The molecule has 0 bridgehead atoms. The van der Waals surface area contributed by atoms with Crippen molar-refractivity contribution in [1.82, 2.24) is 15.1 Å². The van der Waals surface area contributed by atoms with E-state index in [-0.39, 0.29) is 0 Å². The second kappa shape index (κ2) is 3.21. The van der Waals surface area contributed by atoms with Gasteiger partial charge in [-0.1, -0.05) is 0 Å². The molecule has 9 heteroatoms. The van der Waals surface area contributed by atoms with Crippen molar-refractivity contribution in [2.24, 2.45) is 5.92 Å². The largest absolute Gasteiger partial charge is 0.326 e. The Balaban J connectivity index is 2.17. The van der Waals surface area contributed by atoms with Gasteiger partial charge in [-0.05, 0) is 0 Å². The first-order chi connectivity index (χ1) is 8.69. The van der Waals surface area contributed by atoms with Crippen molar-refractivity contribution >= 4 is 47.0 Å². The molecule has 2 aliphatic heterocycles. The van der Waals surface area contributed by atoms with E-state index in [0.717, 1.165) is 4.90 Å². The van der Waals surface area contributed by atoms with Crippen molar-refractivity contribution in [3.63, 3.8) is 0 Å². The molecule has 2 saturated heterocycles. The molecule has 5 amide bonds. The Morgan fingerprint density at radius 3 is 2.16 bits per heavy atom. The fourth-order valence-electron chi connectivity index (χ4n) is 3.14. The van der Waals surface area contributed by atoms with E-state index in [4.69, 9.17) is 23.2 Å². The monoisotopic (exact) mass is 305 g/mol. The molecule has 3 fully saturated rings. The van der Waals surface area contributed by atoms with Crippen molar-refractivity contribution in [1.29, 1.82) is 0 Å². The summed E-state index contributed by atoms with van der Waals surface area (Å²) >= 11 is 12.4. The van der Waals surface area contributed by atoms with Crippen molar-refractivity contribution in [2.45, 2.75) is 15.8 Å². The number of hydrogen-bond acceptors (Lipinski definition) is 4. The van der Waals surface area contributed by atoms with E-state index in [0.29, 0.717) is 0 Å². The number of halogens is 2. The van der Waals surface area contributed by atoms with Crippen LogP contribution < -0.4 is 5.32 Å². The average molecular weight is 306 g/mol. The van der Waals surface area contributed by atoms with E-state index in [9.17, 15) is 19.2 Å². The molecular formula is C10H9Cl2N3O4. The van der Waals surface area contributed by atoms with Crippen LogP contribution in [0, 0.1) is 5.92 Å². The Morgan fingerprint density at radius 2 is 1.58 bits per heavy atom. The second-order valence-electron chi connectivity index (χ2n) is 4.92. The third kappa shape index (κ3) is 1.01. The minimum atomic E-state index is -1.84. The smallest absolute Gasteiger partial charge is 0.321 e. The fourth-order valence-corrected chi connectivity index (χ4v) is 4.12. The van der Waals surface area contributed by atoms with Gasteiger partial charge in [0.15, 0.2) is 9.75 Å². The summed E-state index contributed by atoms with van der Waals surface area (Å²) in [4.78, 5) is 46.1. The maximum Gasteiger partial charge on any atom is 0.326 e. The van der Waals surface area contributed by atoms with Gasteiger partial charge in [0, 0.05) is 14.1 Å². The summed E-state index contributed by atoms with van der Waals surface area (Å²) in [5.74, 6) is -3.19. The minimum Gasteiger partial charge on any atom is -0.321 e. The van der Waals surface area contributed by atoms with Gasteiger partial charge in [0.2, 0.25) is 5.91 Å². The van der Waals surface area contributed by atoms with E-state index in [1.54, 1.807) is 0 Å². The SMILES string of the molecule is CN1C(=O)[C@@H]2[C@H](N(C)C1=O)[C@]1(Cl)C(=O)NC(=O)[C@]21Cl. The Morgan fingerprint density at radius 1 is 1.05 bits per heavy atom. The Kier molecular flexibility index (Phi) is 2.14. The lowest BCUT2D eigenvalue weighted by molar-refractivity contribution is -0.154. The van der Waals surface area contributed by atoms with Crippen LogP contribution in [0.4, 0.5) is 4.79 Å². The van der Waals surface area contributed by atoms with E-state index in [2.05, 4.69) is 0 Å². The molecule has 0 aromatic heterocycles. The quantitative estimate of drug-likeness (QED) is 0.465. The maximum atomic E-state index is 12.1. The van der Waals surface area contributed by atoms with Gasteiger partial charge in [-0.2, -0.15) is 0 Å². The zero-order chi connectivity index (χ0) is 14.3. The molecule has 102 valence electrons. The topological polar surface area (TPSA) is 86.8 Å². The van der Waals surface area contributed by atoms with Crippen LogP contribution in [-0.2, 0) is 14.4 Å². The van der Waals surface area contributed by atoms with Gasteiger partial charge in [-0.15, -0.1) is 23.2 Å². The van der Waals surface area contributed by atoms with Gasteiger partial charge in [-0.25, -0.2) is 4.79 Å². The van der Waals surface area contributed by atoms with Gasteiger partial charge in [0.25, 0.3) is 11.8 Å². The summed E-state index contributed by atoms with van der Waals surface area (Å²) in [6, 6.07) is -1.51. The van der Waals surface area contributed by atoms with Crippen LogP contribution in [0.1, 0.15) is 0 Å². The highest BCUT2D eigenvalue weighted by atomic mass is 35.5. The summed E-state index contributed by atoms with van der Waals surface area (Å²) in [5.41, 5.74) is 0. The number of fused-ring (bicyclic) bond motifs is 4. The molecule has 2 heterocycles. The van der Waals surface area contributed by atoms with E-state index < -0.39 is 45.5 Å². The van der Waals surface area contributed by atoms with Crippen molar-refractivity contribution in [3.05, 3.63) is 0 Å². The van der Waals surface area contributed by atoms with Crippen molar-refractivity contribution in [3.8, 4) is 0 Å². The first-order valence-corrected chi connectivity index (χ1v) is 6.22. The minimum absolute atomic E-state index is 0.586. The van der Waals surface area contributed by atoms with Gasteiger partial charge in [-0.3, -0.25) is 24.6 Å². The number of hydrogen-bond donors (Lipinski definition) is 1. The molecular weight excluding hydrogens is 297 g/mol. The van der Waals surface area contributed by atoms with Gasteiger partial charge in [0.1, 0.15) is 0 Å². The Hall–Kier alpha value is -1.34. The molecule has 3 aliphatic rings. The van der Waals surface area contributed by atoms with Crippen LogP contribution in [0.5, 0.6) is 0 Å². The van der Waals surface area contributed by atoms with Gasteiger partial charge in [0.05, 0.1) is 12.0 Å². The highest BCUT2D eigenvalue weighted by Crippen LogP contribution is 2.62. The maximum absolute atomic E-state index is 12.1. The van der Waals surface area contributed by atoms with Gasteiger partial charge < -0.3 is 4.90 Å². The standard InChI is InChI=1S/C10H9Cl2N3O4/c1-14-4-3(5(16)15(2)8(14)19)9(11)6(17)13-7(18)10(4,9)12/h3-4H,1-2H3,(H,13,17,18)/t3-,4-,9+,10-/m0/s1. The molecule has 3 rings (SSSR count). The van der Waals surface area contributed by atoms with Crippen LogP contribution in [0.3, 0.4) is 0 Å². The van der Waals surface area contributed by atoms with Crippen LogP contribution in [-0.4, -0.2) is 63.4 Å². The lowest BCUT2D eigenvalue weighted by Crippen LogP contribution is -2.85. The summed E-state index contributed by atoms with van der Waals surface area (Å²) in [7, 11) is 2.71. The molecule has 0 radical (unpaired) electrons. The highest BCUT2D eigenvalue weighted by molar-refractivity contribution is 6.56. The van der Waals surface area contributed by atoms with Crippen molar-refractivity contribution in [2.75, 3.05) is 14.1 Å². The summed E-state index contributed by atoms with van der Waals surface area (Å²) in [6.45, 7) is 0. The zero-order valence-corrected chi connectivity index (χ0v) is 11.4. The number of rotatable bonds is 0. The van der Waals surface area contributed by atoms with Crippen LogP contribution in [0.2, 0.25) is 0 Å². The molecule has 4 atom stereocenters. The van der Waals surface area contributed by atoms with Crippen LogP contribution in [0.15, 0.2) is 0 Å². The van der Waals surface area contributed by atoms with E-state index in [1.807, 2.05) is 5.32 Å². The third-order valence-corrected chi connectivity index (χ3v) is 5.67. The first kappa shape index (κ1) is 12.7. The van der Waals surface area contributed by atoms with Crippen molar-refractivity contribution < 1.29 is 19.2 Å². The van der Waals surface area contributed by atoms with E-state index in [1.165, 1.54) is 19.0 Å². The average Bonchev–Trinajstić information content (AvgIpc) is 2.49. The number of nitrogens with zero attached hydrogens (tertiary/aromatic N) is 2. The summed E-state index contributed by atoms with van der Waals surface area (Å²) in [5, 5.41) is 2.04. The first-order valence-electron chi connectivity index (χ1n) is 5.47. The normalized spacial score (nSPS) is 44.8. The molecule has 1 aliphatic carbocycles. The number of imide groups is 2. The molecule has 0 spiro atoms. The van der Waals surface area contributed by atoms with Crippen LogP contribution in [0.25, 0.3) is 0 Å². The molecule has 19 heavy (non-hydrogen) atoms. The fraction of sp³-hybridized carbons (Fsp3) is 0.600. The second-order valence-corrected chi connectivity index (χ2v) is 6.11. The molecule has 1 saturated carbocycles. The molecule has 1 N–H and O–H groups in total. The number of carbonyl (C=O) groups excluding carboxylic acids is 4. The molecule has 0 aromatic rings. The number of amides is 5. The molecule has 0 aromatic carbocycles.